The lowest BCUT2D eigenvalue weighted by molar-refractivity contribution is -0.00257. The highest BCUT2D eigenvalue weighted by Gasteiger charge is 2.31. The van der Waals surface area contributed by atoms with Crippen molar-refractivity contribution in [3.05, 3.63) is 53.9 Å². The number of nitrogens with zero attached hydrogens (tertiary/aromatic N) is 1. The molecule has 2 N–H and O–H groups in total. The fourth-order valence-electron chi connectivity index (χ4n) is 4.49. The predicted octanol–water partition coefficient (Wildman–Crippen LogP) is 5.12. The van der Waals surface area contributed by atoms with Crippen molar-refractivity contribution in [2.45, 2.75) is 64.5 Å². The van der Waals surface area contributed by atoms with Crippen LogP contribution in [0.25, 0.3) is 22.2 Å². The first-order valence-corrected chi connectivity index (χ1v) is 10.9. The molecule has 158 valence electrons. The Morgan fingerprint density at radius 1 is 1.17 bits per heavy atom. The Kier molecular flexibility index (Phi) is 5.65. The standard InChI is InChI=1S/C25H30N2O3/c1-4-16-15-26-22(21-13-14-30-23(16)21)17-5-7-18(8-6-17)24(28)27-20-11-9-19(10-12-20)25(2,3)29/h5-8,13-15,19-20,29H,4,9-12H2,1-3H3,(H,27,28)/t19-,20-. The molecular formula is C25H30N2O3. The topological polar surface area (TPSA) is 75.4 Å². The third-order valence-electron chi connectivity index (χ3n) is 6.42. The molecule has 1 aromatic carbocycles. The number of nitrogens with one attached hydrogen (secondary N) is 1. The number of amides is 1. The van der Waals surface area contributed by atoms with E-state index in [0.717, 1.165) is 59.9 Å². The van der Waals surface area contributed by atoms with Crippen LogP contribution in [0.5, 0.6) is 0 Å². The molecule has 0 spiro atoms. The lowest BCUT2D eigenvalue weighted by Gasteiger charge is -2.36. The summed E-state index contributed by atoms with van der Waals surface area (Å²) in [6.07, 6.45) is 8.12. The van der Waals surface area contributed by atoms with Crippen LogP contribution in [0.1, 0.15) is 62.4 Å². The van der Waals surface area contributed by atoms with Crippen molar-refractivity contribution in [1.29, 1.82) is 0 Å². The lowest BCUT2D eigenvalue weighted by atomic mass is 9.77. The van der Waals surface area contributed by atoms with Crippen molar-refractivity contribution in [2.75, 3.05) is 0 Å². The zero-order valence-corrected chi connectivity index (χ0v) is 17.9. The number of hydrogen-bond donors (Lipinski definition) is 2. The number of carbonyl (C=O) groups excluding carboxylic acids is 1. The molecule has 30 heavy (non-hydrogen) atoms. The smallest absolute Gasteiger partial charge is 0.251 e. The number of aliphatic hydroxyl groups is 1. The van der Waals surface area contributed by atoms with Gasteiger partial charge in [0.2, 0.25) is 0 Å². The molecule has 3 aromatic rings. The molecular weight excluding hydrogens is 376 g/mol. The van der Waals surface area contributed by atoms with Crippen LogP contribution < -0.4 is 5.32 Å². The zero-order chi connectivity index (χ0) is 21.3. The van der Waals surface area contributed by atoms with Crippen LogP contribution in [-0.2, 0) is 6.42 Å². The number of aromatic nitrogens is 1. The summed E-state index contributed by atoms with van der Waals surface area (Å²) in [5.74, 6) is 0.257. The zero-order valence-electron chi connectivity index (χ0n) is 17.9. The van der Waals surface area contributed by atoms with Gasteiger partial charge in [-0.25, -0.2) is 0 Å². The van der Waals surface area contributed by atoms with E-state index in [1.54, 1.807) is 6.26 Å². The first-order valence-electron chi connectivity index (χ1n) is 10.9. The fourth-order valence-corrected chi connectivity index (χ4v) is 4.49. The Morgan fingerprint density at radius 3 is 2.50 bits per heavy atom. The molecule has 1 aliphatic rings. The van der Waals surface area contributed by atoms with Gasteiger partial charge in [-0.1, -0.05) is 19.1 Å². The number of furan rings is 1. The molecule has 5 heteroatoms. The predicted molar refractivity (Wildman–Crippen MR) is 118 cm³/mol. The summed E-state index contributed by atoms with van der Waals surface area (Å²) >= 11 is 0. The van der Waals surface area contributed by atoms with Gasteiger partial charge in [-0.3, -0.25) is 9.78 Å². The van der Waals surface area contributed by atoms with Gasteiger partial charge in [-0.2, -0.15) is 0 Å². The SMILES string of the molecule is CCc1cnc(-c2ccc(C(=O)N[C@H]3CC[C@H](C(C)(C)O)CC3)cc2)c2ccoc12. The molecule has 4 rings (SSSR count). The van der Waals surface area contributed by atoms with Crippen LogP contribution in [-0.4, -0.2) is 27.6 Å². The minimum absolute atomic E-state index is 0.0454. The molecule has 0 saturated heterocycles. The average Bonchev–Trinajstić information content (AvgIpc) is 3.23. The maximum absolute atomic E-state index is 12.7. The number of hydrogen-bond acceptors (Lipinski definition) is 4. The number of pyridine rings is 1. The minimum atomic E-state index is -0.644. The summed E-state index contributed by atoms with van der Waals surface area (Å²) in [6, 6.07) is 9.72. The largest absolute Gasteiger partial charge is 0.464 e. The van der Waals surface area contributed by atoms with Gasteiger partial charge >= 0.3 is 0 Å². The quantitative estimate of drug-likeness (QED) is 0.617. The number of aryl methyl sites for hydroxylation is 1. The summed E-state index contributed by atoms with van der Waals surface area (Å²) < 4.78 is 5.66. The molecule has 5 nitrogen and oxygen atoms in total. The molecule has 0 unspecified atom stereocenters. The van der Waals surface area contributed by atoms with Crippen molar-refractivity contribution in [3.8, 4) is 11.3 Å². The maximum atomic E-state index is 12.7. The van der Waals surface area contributed by atoms with Gasteiger partial charge in [0.25, 0.3) is 5.91 Å². The van der Waals surface area contributed by atoms with E-state index in [0.29, 0.717) is 11.5 Å². The van der Waals surface area contributed by atoms with Crippen molar-refractivity contribution in [3.63, 3.8) is 0 Å². The average molecular weight is 407 g/mol. The van der Waals surface area contributed by atoms with E-state index in [2.05, 4.69) is 17.2 Å². The molecule has 1 amide bonds. The van der Waals surface area contributed by atoms with E-state index in [1.165, 1.54) is 0 Å². The Bertz CT molecular complexity index is 1020. The highest BCUT2D eigenvalue weighted by molar-refractivity contribution is 5.96. The fraction of sp³-hybridized carbons (Fsp3) is 0.440. The van der Waals surface area contributed by atoms with Gasteiger partial charge < -0.3 is 14.8 Å². The van der Waals surface area contributed by atoms with Gasteiger partial charge in [-0.05, 0) is 70.1 Å². The highest BCUT2D eigenvalue weighted by Crippen LogP contribution is 2.33. The molecule has 2 heterocycles. The van der Waals surface area contributed by atoms with E-state index in [4.69, 9.17) is 4.42 Å². The lowest BCUT2D eigenvalue weighted by Crippen LogP contribution is -2.41. The van der Waals surface area contributed by atoms with Crippen LogP contribution in [0.15, 0.2) is 47.2 Å². The van der Waals surface area contributed by atoms with Crippen LogP contribution in [0.4, 0.5) is 0 Å². The van der Waals surface area contributed by atoms with E-state index in [9.17, 15) is 9.90 Å². The molecule has 0 atom stereocenters. The van der Waals surface area contributed by atoms with E-state index in [1.807, 2.05) is 50.4 Å². The van der Waals surface area contributed by atoms with Gasteiger partial charge in [0.1, 0.15) is 5.58 Å². The van der Waals surface area contributed by atoms with Crippen molar-refractivity contribution in [1.82, 2.24) is 10.3 Å². The molecule has 1 saturated carbocycles. The molecule has 0 aliphatic heterocycles. The van der Waals surface area contributed by atoms with E-state index >= 15 is 0 Å². The summed E-state index contributed by atoms with van der Waals surface area (Å²) in [7, 11) is 0. The van der Waals surface area contributed by atoms with Gasteiger partial charge in [0.05, 0.1) is 17.6 Å². The van der Waals surface area contributed by atoms with Crippen LogP contribution in [0.3, 0.4) is 0 Å². The minimum Gasteiger partial charge on any atom is -0.464 e. The molecule has 2 aromatic heterocycles. The summed E-state index contributed by atoms with van der Waals surface area (Å²) in [5.41, 5.74) is 3.81. The van der Waals surface area contributed by atoms with Crippen molar-refractivity contribution in [2.24, 2.45) is 5.92 Å². The van der Waals surface area contributed by atoms with Gasteiger partial charge in [-0.15, -0.1) is 0 Å². The highest BCUT2D eigenvalue weighted by atomic mass is 16.3. The first kappa shape index (κ1) is 20.6. The molecule has 1 aliphatic carbocycles. The Labute approximate surface area is 177 Å². The first-order chi connectivity index (χ1) is 14.4. The van der Waals surface area contributed by atoms with Crippen LogP contribution in [0.2, 0.25) is 0 Å². The molecule has 1 fully saturated rings. The Hall–Kier alpha value is -2.66. The molecule has 0 radical (unpaired) electrons. The Morgan fingerprint density at radius 2 is 1.87 bits per heavy atom. The summed E-state index contributed by atoms with van der Waals surface area (Å²) in [5, 5.41) is 14.3. The van der Waals surface area contributed by atoms with Gasteiger partial charge in [0.15, 0.2) is 0 Å². The monoisotopic (exact) mass is 406 g/mol. The maximum Gasteiger partial charge on any atom is 0.251 e. The third kappa shape index (κ3) is 4.12. The molecule has 0 bridgehead atoms. The van der Waals surface area contributed by atoms with Crippen LogP contribution >= 0.6 is 0 Å². The second-order valence-corrected chi connectivity index (χ2v) is 8.90. The van der Waals surface area contributed by atoms with Crippen molar-refractivity contribution < 1.29 is 14.3 Å². The summed E-state index contributed by atoms with van der Waals surface area (Å²) in [6.45, 7) is 5.84. The van der Waals surface area contributed by atoms with Crippen molar-refractivity contribution >= 4 is 16.9 Å². The van der Waals surface area contributed by atoms with E-state index < -0.39 is 5.60 Å². The van der Waals surface area contributed by atoms with Gasteiger partial charge in [0, 0.05) is 34.3 Å². The van der Waals surface area contributed by atoms with E-state index in [-0.39, 0.29) is 11.9 Å². The van der Waals surface area contributed by atoms with Crippen LogP contribution in [0, 0.1) is 5.92 Å². The number of carbonyl (C=O) groups is 1. The second-order valence-electron chi connectivity index (χ2n) is 8.90. The normalized spacial score (nSPS) is 19.7. The number of fused-ring (bicyclic) bond motifs is 1. The number of rotatable bonds is 5. The second kappa shape index (κ2) is 8.23. The Balaban J connectivity index is 1.44. The summed E-state index contributed by atoms with van der Waals surface area (Å²) in [4.78, 5) is 17.3. The third-order valence-corrected chi connectivity index (χ3v) is 6.42. The number of benzene rings is 1.